The number of ether oxygens (including phenoxy) is 1. The normalized spacial score (nSPS) is 10.3. The maximum atomic E-state index is 5.72. The number of hydrogen-bond acceptors (Lipinski definition) is 2. The summed E-state index contributed by atoms with van der Waals surface area (Å²) < 4.78 is 5.72. The molecule has 0 unspecified atom stereocenters. The van der Waals surface area contributed by atoms with Gasteiger partial charge in [-0.05, 0) is 35.2 Å². The van der Waals surface area contributed by atoms with Gasteiger partial charge in [0.25, 0.3) is 0 Å². The molecule has 3 aromatic rings. The number of pyridine rings is 1. The fraction of sp³-hybridized carbons (Fsp3) is 0.0952. The predicted octanol–water partition coefficient (Wildman–Crippen LogP) is 5.28. The molecular weight excluding hydrogens is 282 g/mol. The summed E-state index contributed by atoms with van der Waals surface area (Å²) in [6.07, 6.45) is 3.72. The van der Waals surface area contributed by atoms with Gasteiger partial charge in [0.1, 0.15) is 6.61 Å². The van der Waals surface area contributed by atoms with Crippen LogP contribution < -0.4 is 4.74 Å². The summed E-state index contributed by atoms with van der Waals surface area (Å²) in [6.45, 7) is 6.44. The standard InChI is InChI=1S/C21H19NO/c1-3-18-9-10-19(13-16(18)2)20-11-12-21(22-14-20)23-15-17-7-5-4-6-8-17/h3-14H,1,15H2,2H3. The lowest BCUT2D eigenvalue weighted by Crippen LogP contribution is -1.96. The largest absolute Gasteiger partial charge is 0.473 e. The molecule has 0 spiro atoms. The number of nitrogens with zero attached hydrogens (tertiary/aromatic N) is 1. The van der Waals surface area contributed by atoms with Crippen molar-refractivity contribution in [2.24, 2.45) is 0 Å². The van der Waals surface area contributed by atoms with Crippen LogP contribution in [0.2, 0.25) is 0 Å². The van der Waals surface area contributed by atoms with Crippen LogP contribution in [0.1, 0.15) is 16.7 Å². The van der Waals surface area contributed by atoms with Crippen LogP contribution in [0, 0.1) is 6.92 Å². The van der Waals surface area contributed by atoms with E-state index in [1.807, 2.05) is 54.7 Å². The SMILES string of the molecule is C=Cc1ccc(-c2ccc(OCc3ccccc3)nc2)cc1C. The highest BCUT2D eigenvalue weighted by Gasteiger charge is 2.03. The van der Waals surface area contributed by atoms with Gasteiger partial charge >= 0.3 is 0 Å². The first-order chi connectivity index (χ1) is 11.3. The van der Waals surface area contributed by atoms with Crippen molar-refractivity contribution in [1.82, 2.24) is 4.98 Å². The van der Waals surface area contributed by atoms with E-state index in [0.29, 0.717) is 12.5 Å². The molecule has 114 valence electrons. The van der Waals surface area contributed by atoms with Gasteiger partial charge in [0.05, 0.1) is 0 Å². The lowest BCUT2D eigenvalue weighted by molar-refractivity contribution is 0.294. The van der Waals surface area contributed by atoms with Crippen molar-refractivity contribution in [3.05, 3.63) is 90.1 Å². The Hall–Kier alpha value is -2.87. The Morgan fingerprint density at radius 3 is 2.43 bits per heavy atom. The molecule has 0 saturated carbocycles. The first kappa shape index (κ1) is 15.0. The summed E-state index contributed by atoms with van der Waals surface area (Å²) in [6, 6.07) is 20.4. The van der Waals surface area contributed by atoms with Crippen molar-refractivity contribution >= 4 is 6.08 Å². The molecular formula is C21H19NO. The van der Waals surface area contributed by atoms with Gasteiger partial charge in [-0.2, -0.15) is 0 Å². The van der Waals surface area contributed by atoms with E-state index < -0.39 is 0 Å². The summed E-state index contributed by atoms with van der Waals surface area (Å²) in [4.78, 5) is 4.40. The minimum absolute atomic E-state index is 0.528. The Labute approximate surface area is 137 Å². The highest BCUT2D eigenvalue weighted by atomic mass is 16.5. The van der Waals surface area contributed by atoms with E-state index in [2.05, 4.69) is 36.7 Å². The van der Waals surface area contributed by atoms with Gasteiger partial charge in [0, 0.05) is 17.8 Å². The lowest BCUT2D eigenvalue weighted by atomic mass is 10.0. The molecule has 0 aliphatic heterocycles. The summed E-state index contributed by atoms with van der Waals surface area (Å²) >= 11 is 0. The number of aromatic nitrogens is 1. The molecule has 0 radical (unpaired) electrons. The Morgan fingerprint density at radius 2 is 1.78 bits per heavy atom. The summed E-state index contributed by atoms with van der Waals surface area (Å²) in [5.74, 6) is 0.636. The van der Waals surface area contributed by atoms with Crippen LogP contribution in [-0.4, -0.2) is 4.98 Å². The van der Waals surface area contributed by atoms with E-state index in [1.54, 1.807) is 0 Å². The molecule has 0 aliphatic carbocycles. The molecule has 0 N–H and O–H groups in total. The van der Waals surface area contributed by atoms with Gasteiger partial charge in [-0.3, -0.25) is 0 Å². The monoisotopic (exact) mass is 301 g/mol. The van der Waals surface area contributed by atoms with Crippen LogP contribution in [0.15, 0.2) is 73.4 Å². The van der Waals surface area contributed by atoms with E-state index in [-0.39, 0.29) is 0 Å². The van der Waals surface area contributed by atoms with Gasteiger partial charge < -0.3 is 4.74 Å². The molecule has 0 amide bonds. The van der Waals surface area contributed by atoms with Crippen molar-refractivity contribution in [3.63, 3.8) is 0 Å². The average Bonchev–Trinajstić information content (AvgIpc) is 2.61. The molecule has 23 heavy (non-hydrogen) atoms. The highest BCUT2D eigenvalue weighted by Crippen LogP contribution is 2.23. The minimum atomic E-state index is 0.528. The first-order valence-corrected chi connectivity index (χ1v) is 7.62. The van der Waals surface area contributed by atoms with Crippen molar-refractivity contribution in [2.75, 3.05) is 0 Å². The number of aryl methyl sites for hydroxylation is 1. The zero-order valence-electron chi connectivity index (χ0n) is 13.2. The zero-order valence-corrected chi connectivity index (χ0v) is 13.2. The minimum Gasteiger partial charge on any atom is -0.473 e. The maximum absolute atomic E-state index is 5.72. The van der Waals surface area contributed by atoms with Crippen LogP contribution in [-0.2, 0) is 6.61 Å². The third-order valence-electron chi connectivity index (χ3n) is 3.79. The summed E-state index contributed by atoms with van der Waals surface area (Å²) in [5.41, 5.74) is 5.73. The topological polar surface area (TPSA) is 22.1 Å². The maximum Gasteiger partial charge on any atom is 0.213 e. The Bertz CT molecular complexity index is 792. The predicted molar refractivity (Wildman–Crippen MR) is 95.3 cm³/mol. The van der Waals surface area contributed by atoms with Crippen LogP contribution in [0.3, 0.4) is 0 Å². The van der Waals surface area contributed by atoms with Gasteiger partial charge in [0.2, 0.25) is 5.88 Å². The molecule has 0 atom stereocenters. The molecule has 2 nitrogen and oxygen atoms in total. The molecule has 2 heteroatoms. The third kappa shape index (κ3) is 3.67. The number of rotatable bonds is 5. The number of hydrogen-bond donors (Lipinski definition) is 0. The van der Waals surface area contributed by atoms with Gasteiger partial charge in [0.15, 0.2) is 0 Å². The van der Waals surface area contributed by atoms with E-state index >= 15 is 0 Å². The van der Waals surface area contributed by atoms with Gasteiger partial charge in [-0.1, -0.05) is 61.2 Å². The van der Waals surface area contributed by atoms with Gasteiger partial charge in [-0.15, -0.1) is 0 Å². The summed E-state index contributed by atoms with van der Waals surface area (Å²) in [7, 11) is 0. The van der Waals surface area contributed by atoms with Crippen molar-refractivity contribution < 1.29 is 4.74 Å². The van der Waals surface area contributed by atoms with Crippen LogP contribution in [0.5, 0.6) is 5.88 Å². The number of benzene rings is 2. The van der Waals surface area contributed by atoms with Crippen LogP contribution >= 0.6 is 0 Å². The molecule has 3 rings (SSSR count). The third-order valence-corrected chi connectivity index (χ3v) is 3.79. The van der Waals surface area contributed by atoms with E-state index in [0.717, 1.165) is 22.3 Å². The van der Waals surface area contributed by atoms with E-state index in [4.69, 9.17) is 4.74 Å². The smallest absolute Gasteiger partial charge is 0.213 e. The fourth-order valence-electron chi connectivity index (χ4n) is 2.45. The van der Waals surface area contributed by atoms with E-state index in [1.165, 1.54) is 5.56 Å². The average molecular weight is 301 g/mol. The quantitative estimate of drug-likeness (QED) is 0.639. The molecule has 0 aliphatic rings. The second kappa shape index (κ2) is 6.93. The van der Waals surface area contributed by atoms with Crippen molar-refractivity contribution in [3.8, 4) is 17.0 Å². The van der Waals surface area contributed by atoms with Crippen LogP contribution in [0.25, 0.3) is 17.2 Å². The Kier molecular flexibility index (Phi) is 4.53. The van der Waals surface area contributed by atoms with Crippen LogP contribution in [0.4, 0.5) is 0 Å². The molecule has 1 heterocycles. The Balaban J connectivity index is 1.72. The van der Waals surface area contributed by atoms with E-state index in [9.17, 15) is 0 Å². The molecule has 0 bridgehead atoms. The lowest BCUT2D eigenvalue weighted by Gasteiger charge is -2.08. The van der Waals surface area contributed by atoms with Crippen molar-refractivity contribution in [2.45, 2.75) is 13.5 Å². The molecule has 0 saturated heterocycles. The molecule has 1 aromatic heterocycles. The second-order valence-electron chi connectivity index (χ2n) is 5.43. The van der Waals surface area contributed by atoms with Gasteiger partial charge in [-0.25, -0.2) is 4.98 Å². The Morgan fingerprint density at radius 1 is 1.00 bits per heavy atom. The molecule has 2 aromatic carbocycles. The van der Waals surface area contributed by atoms with Crippen molar-refractivity contribution in [1.29, 1.82) is 0 Å². The fourth-order valence-corrected chi connectivity index (χ4v) is 2.45. The molecule has 0 fully saturated rings. The zero-order chi connectivity index (χ0) is 16.1. The second-order valence-corrected chi connectivity index (χ2v) is 5.43. The first-order valence-electron chi connectivity index (χ1n) is 7.62. The summed E-state index contributed by atoms with van der Waals surface area (Å²) in [5, 5.41) is 0. The highest BCUT2D eigenvalue weighted by molar-refractivity contribution is 5.67.